The SMILES string of the molecule is O=C(NCCNC(=O)c1nc2ccccc2s1)c1nc2ccccc2s1. The molecule has 8 heteroatoms. The van der Waals surface area contributed by atoms with Crippen molar-refractivity contribution in [1.29, 1.82) is 0 Å². The second kappa shape index (κ2) is 7.19. The normalized spacial score (nSPS) is 10.9. The van der Waals surface area contributed by atoms with Crippen molar-refractivity contribution >= 4 is 54.9 Å². The number of hydrogen-bond donors (Lipinski definition) is 2. The van der Waals surface area contributed by atoms with Gasteiger partial charge in [0.1, 0.15) is 0 Å². The molecule has 0 fully saturated rings. The number of aromatic nitrogens is 2. The van der Waals surface area contributed by atoms with Gasteiger partial charge in [0.2, 0.25) is 0 Å². The fraction of sp³-hybridized carbons (Fsp3) is 0.111. The summed E-state index contributed by atoms with van der Waals surface area (Å²) in [4.78, 5) is 32.9. The summed E-state index contributed by atoms with van der Waals surface area (Å²) >= 11 is 2.70. The van der Waals surface area contributed by atoms with Crippen LogP contribution in [0, 0.1) is 0 Å². The summed E-state index contributed by atoms with van der Waals surface area (Å²) in [6.07, 6.45) is 0. The molecule has 4 aromatic rings. The van der Waals surface area contributed by atoms with Gasteiger partial charge in [-0.2, -0.15) is 0 Å². The molecule has 0 atom stereocenters. The van der Waals surface area contributed by atoms with E-state index in [1.165, 1.54) is 22.7 Å². The van der Waals surface area contributed by atoms with Crippen LogP contribution in [-0.4, -0.2) is 34.9 Å². The van der Waals surface area contributed by atoms with Crippen LogP contribution in [0.1, 0.15) is 19.6 Å². The summed E-state index contributed by atoms with van der Waals surface area (Å²) in [5.74, 6) is -0.471. The fourth-order valence-electron chi connectivity index (χ4n) is 2.44. The van der Waals surface area contributed by atoms with Crippen molar-refractivity contribution in [3.05, 3.63) is 58.5 Å². The van der Waals surface area contributed by atoms with Gasteiger partial charge in [0, 0.05) is 13.1 Å². The number of para-hydroxylation sites is 2. The van der Waals surface area contributed by atoms with E-state index in [-0.39, 0.29) is 11.8 Å². The second-order valence-corrected chi connectivity index (χ2v) is 7.55. The lowest BCUT2D eigenvalue weighted by Crippen LogP contribution is -2.34. The van der Waals surface area contributed by atoms with E-state index >= 15 is 0 Å². The van der Waals surface area contributed by atoms with Crippen molar-refractivity contribution in [2.75, 3.05) is 13.1 Å². The number of nitrogens with zero attached hydrogens (tertiary/aromatic N) is 2. The van der Waals surface area contributed by atoms with Gasteiger partial charge in [-0.15, -0.1) is 22.7 Å². The number of hydrogen-bond acceptors (Lipinski definition) is 6. The third-order valence-electron chi connectivity index (χ3n) is 3.67. The van der Waals surface area contributed by atoms with Crippen molar-refractivity contribution in [2.24, 2.45) is 0 Å². The summed E-state index contributed by atoms with van der Waals surface area (Å²) in [5.41, 5.74) is 1.62. The summed E-state index contributed by atoms with van der Waals surface area (Å²) in [5, 5.41) is 6.38. The van der Waals surface area contributed by atoms with Gasteiger partial charge >= 0.3 is 0 Å². The van der Waals surface area contributed by atoms with Crippen LogP contribution >= 0.6 is 22.7 Å². The van der Waals surface area contributed by atoms with E-state index < -0.39 is 0 Å². The minimum Gasteiger partial charge on any atom is -0.348 e. The molecule has 0 radical (unpaired) electrons. The van der Waals surface area contributed by atoms with Crippen LogP contribution < -0.4 is 10.6 Å². The predicted octanol–water partition coefficient (Wildman–Crippen LogP) is 3.07. The van der Waals surface area contributed by atoms with E-state index in [0.717, 1.165) is 20.4 Å². The molecule has 0 aliphatic rings. The Labute approximate surface area is 156 Å². The first-order valence-corrected chi connectivity index (χ1v) is 9.61. The highest BCUT2D eigenvalue weighted by molar-refractivity contribution is 7.20. The van der Waals surface area contributed by atoms with Gasteiger partial charge in [0.05, 0.1) is 20.4 Å². The zero-order chi connectivity index (χ0) is 17.9. The molecule has 0 spiro atoms. The summed E-state index contributed by atoms with van der Waals surface area (Å²) < 4.78 is 1.95. The monoisotopic (exact) mass is 382 g/mol. The number of carbonyl (C=O) groups excluding carboxylic acids is 2. The molecule has 0 aliphatic carbocycles. The Bertz CT molecular complexity index is 949. The molecule has 6 nitrogen and oxygen atoms in total. The molecule has 0 saturated carbocycles. The Morgan fingerprint density at radius 3 is 1.58 bits per heavy atom. The van der Waals surface area contributed by atoms with Crippen LogP contribution in [0.3, 0.4) is 0 Å². The molecule has 0 bridgehead atoms. The lowest BCUT2D eigenvalue weighted by molar-refractivity contribution is 0.0927. The maximum atomic E-state index is 12.2. The van der Waals surface area contributed by atoms with E-state index in [1.807, 2.05) is 48.5 Å². The summed E-state index contributed by atoms with van der Waals surface area (Å²) in [7, 11) is 0. The molecule has 2 aromatic heterocycles. The Morgan fingerprint density at radius 1 is 0.731 bits per heavy atom. The topological polar surface area (TPSA) is 84.0 Å². The van der Waals surface area contributed by atoms with Crippen LogP contribution in [0.15, 0.2) is 48.5 Å². The van der Waals surface area contributed by atoms with Crippen LogP contribution in [0.5, 0.6) is 0 Å². The third kappa shape index (κ3) is 3.42. The first kappa shape index (κ1) is 16.6. The summed E-state index contributed by atoms with van der Waals surface area (Å²) in [6.45, 7) is 0.650. The van der Waals surface area contributed by atoms with Crippen molar-refractivity contribution in [3.8, 4) is 0 Å². The lowest BCUT2D eigenvalue weighted by atomic mass is 10.3. The molecule has 2 N–H and O–H groups in total. The van der Waals surface area contributed by atoms with Crippen LogP contribution in [0.2, 0.25) is 0 Å². The Hall–Kier alpha value is -2.84. The molecular weight excluding hydrogens is 368 g/mol. The molecule has 2 heterocycles. The molecule has 0 saturated heterocycles. The molecule has 2 aromatic carbocycles. The Morgan fingerprint density at radius 2 is 1.15 bits per heavy atom. The van der Waals surface area contributed by atoms with Gasteiger partial charge < -0.3 is 10.6 Å². The van der Waals surface area contributed by atoms with Gasteiger partial charge in [0.25, 0.3) is 11.8 Å². The fourth-order valence-corrected chi connectivity index (χ4v) is 4.21. The highest BCUT2D eigenvalue weighted by atomic mass is 32.1. The van der Waals surface area contributed by atoms with E-state index in [2.05, 4.69) is 20.6 Å². The van der Waals surface area contributed by atoms with E-state index in [0.29, 0.717) is 23.1 Å². The molecule has 4 rings (SSSR count). The smallest absolute Gasteiger partial charge is 0.280 e. The zero-order valence-electron chi connectivity index (χ0n) is 13.6. The van der Waals surface area contributed by atoms with E-state index in [4.69, 9.17) is 0 Å². The largest absolute Gasteiger partial charge is 0.348 e. The first-order chi connectivity index (χ1) is 12.7. The van der Waals surface area contributed by atoms with Gasteiger partial charge in [-0.25, -0.2) is 9.97 Å². The van der Waals surface area contributed by atoms with Crippen LogP contribution in [-0.2, 0) is 0 Å². The van der Waals surface area contributed by atoms with Gasteiger partial charge in [-0.05, 0) is 24.3 Å². The molecule has 2 amide bonds. The second-order valence-electron chi connectivity index (χ2n) is 5.49. The lowest BCUT2D eigenvalue weighted by Gasteiger charge is -2.04. The average molecular weight is 382 g/mol. The number of amides is 2. The standard InChI is InChI=1S/C18H14N4O2S2/c23-15(17-21-11-5-1-3-7-13(11)25-17)19-9-10-20-16(24)18-22-12-6-2-4-8-14(12)26-18/h1-8H,9-10H2,(H,19,23)(H,20,24). The average Bonchev–Trinajstić information content (AvgIpc) is 3.28. The zero-order valence-corrected chi connectivity index (χ0v) is 15.2. The van der Waals surface area contributed by atoms with Crippen molar-refractivity contribution in [2.45, 2.75) is 0 Å². The molecule has 26 heavy (non-hydrogen) atoms. The van der Waals surface area contributed by atoms with Crippen LogP contribution in [0.4, 0.5) is 0 Å². The molecule has 130 valence electrons. The Kier molecular flexibility index (Phi) is 4.59. The van der Waals surface area contributed by atoms with Crippen LogP contribution in [0.25, 0.3) is 20.4 Å². The van der Waals surface area contributed by atoms with E-state index in [1.54, 1.807) is 0 Å². The van der Waals surface area contributed by atoms with E-state index in [9.17, 15) is 9.59 Å². The number of carbonyl (C=O) groups is 2. The maximum Gasteiger partial charge on any atom is 0.280 e. The van der Waals surface area contributed by atoms with Crippen molar-refractivity contribution in [1.82, 2.24) is 20.6 Å². The molecular formula is C18H14N4O2S2. The molecule has 0 aliphatic heterocycles. The van der Waals surface area contributed by atoms with Crippen molar-refractivity contribution in [3.63, 3.8) is 0 Å². The Balaban J connectivity index is 1.30. The predicted molar refractivity (Wildman–Crippen MR) is 104 cm³/mol. The maximum absolute atomic E-state index is 12.2. The number of fused-ring (bicyclic) bond motifs is 2. The number of benzene rings is 2. The first-order valence-electron chi connectivity index (χ1n) is 7.98. The van der Waals surface area contributed by atoms with Gasteiger partial charge in [0.15, 0.2) is 10.0 Å². The van der Waals surface area contributed by atoms with Gasteiger partial charge in [-0.1, -0.05) is 24.3 Å². The summed E-state index contributed by atoms with van der Waals surface area (Å²) in [6, 6.07) is 15.2. The quantitative estimate of drug-likeness (QED) is 0.520. The number of nitrogens with one attached hydrogen (secondary N) is 2. The number of thiazole rings is 2. The third-order valence-corrected chi connectivity index (χ3v) is 5.74. The minimum atomic E-state index is -0.236. The van der Waals surface area contributed by atoms with Crippen molar-refractivity contribution < 1.29 is 9.59 Å². The number of rotatable bonds is 5. The highest BCUT2D eigenvalue weighted by Crippen LogP contribution is 2.22. The highest BCUT2D eigenvalue weighted by Gasteiger charge is 2.13. The van der Waals surface area contributed by atoms with Gasteiger partial charge in [-0.3, -0.25) is 9.59 Å². The minimum absolute atomic E-state index is 0.236. The molecule has 0 unspecified atom stereocenters.